The molecule has 1 aromatic carbocycles. The third kappa shape index (κ3) is 3.81. The van der Waals surface area contributed by atoms with E-state index in [9.17, 15) is 0 Å². The van der Waals surface area contributed by atoms with Crippen LogP contribution >= 0.6 is 23.1 Å². The number of rotatable bonds is 5. The molecule has 4 heteroatoms. The van der Waals surface area contributed by atoms with Gasteiger partial charge in [0.05, 0.1) is 11.4 Å². The van der Waals surface area contributed by atoms with Crippen molar-refractivity contribution >= 4 is 23.1 Å². The van der Waals surface area contributed by atoms with Crippen LogP contribution in [0.5, 0.6) is 0 Å². The normalized spacial score (nSPS) is 12.6. The molecule has 102 valence electrons. The second kappa shape index (κ2) is 6.55. The summed E-state index contributed by atoms with van der Waals surface area (Å²) >= 11 is 3.65. The van der Waals surface area contributed by atoms with Gasteiger partial charge in [0.25, 0.3) is 0 Å². The number of aromatic nitrogens is 1. The Bertz CT molecular complexity index is 512. The van der Waals surface area contributed by atoms with Crippen LogP contribution in [0, 0.1) is 13.8 Å². The molecule has 1 unspecified atom stereocenters. The maximum absolute atomic E-state index is 4.57. The molecule has 0 bridgehead atoms. The van der Waals surface area contributed by atoms with Gasteiger partial charge in [-0.25, -0.2) is 4.98 Å². The molecule has 1 N–H and O–H groups in total. The van der Waals surface area contributed by atoms with Gasteiger partial charge in [0, 0.05) is 15.8 Å². The van der Waals surface area contributed by atoms with E-state index < -0.39 is 0 Å². The Morgan fingerprint density at radius 2 is 1.95 bits per heavy atom. The van der Waals surface area contributed by atoms with Crippen molar-refractivity contribution < 1.29 is 0 Å². The summed E-state index contributed by atoms with van der Waals surface area (Å²) in [4.78, 5) is 7.20. The van der Waals surface area contributed by atoms with Crippen LogP contribution in [0.2, 0.25) is 0 Å². The zero-order valence-electron chi connectivity index (χ0n) is 11.9. The number of aryl methyl sites for hydroxylation is 2. The first kappa shape index (κ1) is 14.6. The predicted molar refractivity (Wildman–Crippen MR) is 85.1 cm³/mol. The van der Waals surface area contributed by atoms with Gasteiger partial charge in [-0.3, -0.25) is 0 Å². The van der Waals surface area contributed by atoms with Crippen LogP contribution in [0.3, 0.4) is 0 Å². The summed E-state index contributed by atoms with van der Waals surface area (Å²) in [5.41, 5.74) is 2.49. The number of benzene rings is 1. The van der Waals surface area contributed by atoms with Crippen molar-refractivity contribution in [1.82, 2.24) is 10.3 Å². The highest BCUT2D eigenvalue weighted by atomic mass is 32.2. The minimum absolute atomic E-state index is 0.406. The van der Waals surface area contributed by atoms with E-state index in [2.05, 4.69) is 55.3 Å². The summed E-state index contributed by atoms with van der Waals surface area (Å²) in [5.74, 6) is 0.959. The molecule has 2 rings (SSSR count). The molecule has 2 aromatic rings. The minimum Gasteiger partial charge on any atom is -0.313 e. The van der Waals surface area contributed by atoms with Gasteiger partial charge >= 0.3 is 0 Å². The first-order chi connectivity index (χ1) is 9.10. The maximum Gasteiger partial charge on any atom is 0.103 e. The van der Waals surface area contributed by atoms with Crippen molar-refractivity contribution in [1.29, 1.82) is 0 Å². The first-order valence-corrected chi connectivity index (χ1v) is 8.23. The monoisotopic (exact) mass is 292 g/mol. The molecule has 0 fully saturated rings. The third-order valence-corrected chi connectivity index (χ3v) is 5.53. The number of thioether (sulfide) groups is 1. The standard InChI is InChI=1S/C15H20N2S2/c1-10-12(3)19-15(17-10)9-18-14-7-5-13(6-8-14)11(2)16-4/h5-8,11,16H,9H2,1-4H3. The average Bonchev–Trinajstić information content (AvgIpc) is 2.75. The fourth-order valence-corrected chi connectivity index (χ4v) is 3.59. The number of nitrogens with one attached hydrogen (secondary N) is 1. The second-order valence-corrected chi connectivity index (χ2v) is 6.95. The molecule has 1 aromatic heterocycles. The SMILES string of the molecule is CNC(C)c1ccc(SCc2nc(C)c(C)s2)cc1. The number of nitrogens with zero attached hydrogens (tertiary/aromatic N) is 1. The van der Waals surface area contributed by atoms with E-state index in [4.69, 9.17) is 0 Å². The van der Waals surface area contributed by atoms with E-state index in [1.807, 2.05) is 18.8 Å². The van der Waals surface area contributed by atoms with Crippen molar-refractivity contribution in [2.75, 3.05) is 7.05 Å². The Kier molecular flexibility index (Phi) is 5.02. The second-order valence-electron chi connectivity index (χ2n) is 4.62. The van der Waals surface area contributed by atoms with Crippen LogP contribution in [0.4, 0.5) is 0 Å². The van der Waals surface area contributed by atoms with Crippen molar-refractivity contribution in [3.8, 4) is 0 Å². The number of thiazole rings is 1. The molecule has 0 amide bonds. The molecule has 2 nitrogen and oxygen atoms in total. The van der Waals surface area contributed by atoms with E-state index >= 15 is 0 Å². The van der Waals surface area contributed by atoms with Gasteiger partial charge in [-0.2, -0.15) is 0 Å². The highest BCUT2D eigenvalue weighted by molar-refractivity contribution is 7.98. The van der Waals surface area contributed by atoms with Gasteiger partial charge in [0.2, 0.25) is 0 Å². The van der Waals surface area contributed by atoms with Crippen LogP contribution in [-0.4, -0.2) is 12.0 Å². The summed E-state index contributed by atoms with van der Waals surface area (Å²) in [6.45, 7) is 6.38. The molecule has 0 spiro atoms. The molecule has 0 aliphatic carbocycles. The molecule has 0 aliphatic heterocycles. The fraction of sp³-hybridized carbons (Fsp3) is 0.400. The van der Waals surface area contributed by atoms with Gasteiger partial charge in [-0.1, -0.05) is 12.1 Å². The lowest BCUT2D eigenvalue weighted by molar-refractivity contribution is 0.652. The van der Waals surface area contributed by atoms with Crippen molar-refractivity contribution in [3.63, 3.8) is 0 Å². The maximum atomic E-state index is 4.57. The highest BCUT2D eigenvalue weighted by Crippen LogP contribution is 2.27. The summed E-state index contributed by atoms with van der Waals surface area (Å²) in [5, 5.41) is 4.47. The summed E-state index contributed by atoms with van der Waals surface area (Å²) in [7, 11) is 1.99. The number of hydrogen-bond acceptors (Lipinski definition) is 4. The molecule has 19 heavy (non-hydrogen) atoms. The Hall–Kier alpha value is -0.840. The molecule has 1 atom stereocenters. The lowest BCUT2D eigenvalue weighted by atomic mass is 10.1. The smallest absolute Gasteiger partial charge is 0.103 e. The van der Waals surface area contributed by atoms with E-state index in [1.54, 1.807) is 11.3 Å². The Morgan fingerprint density at radius 3 is 2.47 bits per heavy atom. The lowest BCUT2D eigenvalue weighted by Crippen LogP contribution is -2.11. The predicted octanol–water partition coefficient (Wildman–Crippen LogP) is 4.33. The summed E-state index contributed by atoms with van der Waals surface area (Å²) in [6.07, 6.45) is 0. The zero-order chi connectivity index (χ0) is 13.8. The number of hydrogen-bond donors (Lipinski definition) is 1. The molecule has 0 aliphatic rings. The quantitative estimate of drug-likeness (QED) is 0.830. The molecule has 0 saturated heterocycles. The zero-order valence-corrected chi connectivity index (χ0v) is 13.5. The van der Waals surface area contributed by atoms with E-state index in [1.165, 1.54) is 26.0 Å². The molecular formula is C15H20N2S2. The van der Waals surface area contributed by atoms with Gasteiger partial charge in [-0.15, -0.1) is 23.1 Å². The average molecular weight is 292 g/mol. The van der Waals surface area contributed by atoms with Gasteiger partial charge < -0.3 is 5.32 Å². The van der Waals surface area contributed by atoms with Crippen LogP contribution < -0.4 is 5.32 Å². The lowest BCUT2D eigenvalue weighted by Gasteiger charge is -2.10. The van der Waals surface area contributed by atoms with Gasteiger partial charge in [-0.05, 0) is 45.5 Å². The molecular weight excluding hydrogens is 272 g/mol. The Balaban J connectivity index is 1.96. The minimum atomic E-state index is 0.406. The summed E-state index contributed by atoms with van der Waals surface area (Å²) in [6, 6.07) is 9.19. The first-order valence-electron chi connectivity index (χ1n) is 6.43. The van der Waals surface area contributed by atoms with Crippen molar-refractivity contribution in [2.45, 2.75) is 37.5 Å². The highest BCUT2D eigenvalue weighted by Gasteiger charge is 2.05. The fourth-order valence-electron chi connectivity index (χ4n) is 1.77. The molecule has 0 radical (unpaired) electrons. The Morgan fingerprint density at radius 1 is 1.26 bits per heavy atom. The molecule has 1 heterocycles. The van der Waals surface area contributed by atoms with Crippen LogP contribution in [0.25, 0.3) is 0 Å². The molecule has 0 saturated carbocycles. The van der Waals surface area contributed by atoms with Crippen molar-refractivity contribution in [3.05, 3.63) is 45.4 Å². The van der Waals surface area contributed by atoms with Crippen LogP contribution in [0.1, 0.15) is 34.1 Å². The van der Waals surface area contributed by atoms with E-state index in [-0.39, 0.29) is 0 Å². The third-order valence-electron chi connectivity index (χ3n) is 3.25. The van der Waals surface area contributed by atoms with Crippen LogP contribution in [0.15, 0.2) is 29.2 Å². The van der Waals surface area contributed by atoms with Gasteiger partial charge in [0.15, 0.2) is 0 Å². The largest absolute Gasteiger partial charge is 0.313 e. The van der Waals surface area contributed by atoms with Gasteiger partial charge in [0.1, 0.15) is 5.01 Å². The van der Waals surface area contributed by atoms with E-state index in [0.29, 0.717) is 6.04 Å². The Labute approximate surface area is 123 Å². The topological polar surface area (TPSA) is 24.9 Å². The van der Waals surface area contributed by atoms with Crippen molar-refractivity contribution in [2.24, 2.45) is 0 Å². The van der Waals surface area contributed by atoms with E-state index in [0.717, 1.165) is 5.75 Å². The van der Waals surface area contributed by atoms with Crippen LogP contribution in [-0.2, 0) is 5.75 Å². The summed E-state index contributed by atoms with van der Waals surface area (Å²) < 4.78 is 0.